The van der Waals surface area contributed by atoms with Gasteiger partial charge in [-0.05, 0) is 44.8 Å². The van der Waals surface area contributed by atoms with Crippen molar-refractivity contribution in [1.29, 1.82) is 0 Å². The molecule has 0 spiro atoms. The molecule has 0 atom stereocenters. The third-order valence-corrected chi connectivity index (χ3v) is 7.45. The Bertz CT molecular complexity index is 1640. The Morgan fingerprint density at radius 1 is 0.500 bits per heavy atom. The molecule has 0 bridgehead atoms. The zero-order chi connectivity index (χ0) is 25.5. The van der Waals surface area contributed by atoms with Crippen molar-refractivity contribution in [2.75, 3.05) is 13.2 Å². The van der Waals surface area contributed by atoms with Crippen LogP contribution in [0.2, 0.25) is 0 Å². The number of fused-ring (bicyclic) bond motifs is 7. The summed E-state index contributed by atoms with van der Waals surface area (Å²) in [6, 6.07) is 43.0. The van der Waals surface area contributed by atoms with Crippen LogP contribution in [-0.2, 0) is 0 Å². The maximum Gasteiger partial charge on any atom is 0.135 e. The second-order valence-electron chi connectivity index (χ2n) is 10.2. The van der Waals surface area contributed by atoms with E-state index in [4.69, 9.17) is 9.47 Å². The van der Waals surface area contributed by atoms with Gasteiger partial charge in [0.1, 0.15) is 11.5 Å². The van der Waals surface area contributed by atoms with Crippen molar-refractivity contribution in [3.8, 4) is 44.9 Å². The zero-order valence-electron chi connectivity index (χ0n) is 21.4. The molecule has 1 heterocycles. The Morgan fingerprint density at radius 2 is 0.895 bits per heavy atom. The Labute approximate surface area is 223 Å². The van der Waals surface area contributed by atoms with Gasteiger partial charge in [0.2, 0.25) is 0 Å². The molecule has 1 aliphatic rings. The lowest BCUT2D eigenvalue weighted by atomic mass is 9.86. The van der Waals surface area contributed by atoms with Gasteiger partial charge in [0.25, 0.3) is 0 Å². The average Bonchev–Trinajstić information content (AvgIpc) is 3.05. The third kappa shape index (κ3) is 3.81. The predicted molar refractivity (Wildman–Crippen MR) is 158 cm³/mol. The van der Waals surface area contributed by atoms with Crippen LogP contribution in [0, 0.1) is 5.92 Å². The van der Waals surface area contributed by atoms with Crippen LogP contribution in [0.5, 0.6) is 11.5 Å². The molecule has 0 aliphatic carbocycles. The molecule has 0 radical (unpaired) electrons. The number of benzene rings is 6. The highest BCUT2D eigenvalue weighted by Crippen LogP contribution is 2.52. The van der Waals surface area contributed by atoms with Crippen molar-refractivity contribution in [3.05, 3.63) is 121 Å². The van der Waals surface area contributed by atoms with E-state index in [9.17, 15) is 0 Å². The lowest BCUT2D eigenvalue weighted by Crippen LogP contribution is -2.16. The van der Waals surface area contributed by atoms with Crippen LogP contribution in [0.1, 0.15) is 6.92 Å². The topological polar surface area (TPSA) is 18.5 Å². The lowest BCUT2D eigenvalue weighted by Gasteiger charge is -2.22. The molecule has 0 fully saturated rings. The molecule has 1 aliphatic heterocycles. The molecule has 2 nitrogen and oxygen atoms in total. The minimum atomic E-state index is 0.221. The standard InChI is InChI=1S/C36H28O2/c1-24-22-37-35-31(25-12-4-2-5-13-25)20-27-16-8-10-18-29(27)33(35)34-30-19-11-9-17-28(30)21-32(36(34)38-23-24)26-14-6-3-7-15-26/h2-21,24H,22-23H2,1H3. The van der Waals surface area contributed by atoms with Gasteiger partial charge in [0.15, 0.2) is 0 Å². The van der Waals surface area contributed by atoms with Crippen LogP contribution in [-0.4, -0.2) is 13.2 Å². The highest BCUT2D eigenvalue weighted by molar-refractivity contribution is 6.14. The number of hydrogen-bond acceptors (Lipinski definition) is 2. The fraction of sp³-hybridized carbons (Fsp3) is 0.111. The Morgan fingerprint density at radius 3 is 1.34 bits per heavy atom. The SMILES string of the molecule is CC1COc2c(-c3ccccc3)cc3ccccc3c2-c2c(c(-c3ccccc3)cc3ccccc23)OC1. The van der Waals surface area contributed by atoms with E-state index in [1.54, 1.807) is 0 Å². The molecule has 0 saturated carbocycles. The highest BCUT2D eigenvalue weighted by atomic mass is 16.5. The van der Waals surface area contributed by atoms with E-state index in [1.165, 1.54) is 10.8 Å². The molecule has 0 aromatic heterocycles. The summed E-state index contributed by atoms with van der Waals surface area (Å²) in [6.07, 6.45) is 0. The Hall–Kier alpha value is -4.56. The van der Waals surface area contributed by atoms with Gasteiger partial charge in [-0.2, -0.15) is 0 Å². The van der Waals surface area contributed by atoms with Crippen LogP contribution in [0.4, 0.5) is 0 Å². The van der Waals surface area contributed by atoms with Gasteiger partial charge in [0.05, 0.1) is 13.2 Å². The van der Waals surface area contributed by atoms with Crippen LogP contribution < -0.4 is 9.47 Å². The molecule has 6 aromatic rings. The minimum Gasteiger partial charge on any atom is -0.492 e. The number of rotatable bonds is 2. The summed E-state index contributed by atoms with van der Waals surface area (Å²) in [7, 11) is 0. The van der Waals surface area contributed by atoms with E-state index in [2.05, 4.69) is 128 Å². The zero-order valence-corrected chi connectivity index (χ0v) is 21.4. The first-order valence-electron chi connectivity index (χ1n) is 13.3. The molecule has 2 heteroatoms. The summed E-state index contributed by atoms with van der Waals surface area (Å²) in [5.74, 6) is 2.06. The van der Waals surface area contributed by atoms with Gasteiger partial charge in [-0.1, -0.05) is 116 Å². The molecule has 0 saturated heterocycles. The molecule has 7 rings (SSSR count). The fourth-order valence-electron chi connectivity index (χ4n) is 5.62. The Balaban J connectivity index is 1.69. The van der Waals surface area contributed by atoms with Crippen molar-refractivity contribution < 1.29 is 9.47 Å². The molecule has 184 valence electrons. The van der Waals surface area contributed by atoms with Gasteiger partial charge in [-0.15, -0.1) is 0 Å². The van der Waals surface area contributed by atoms with E-state index in [0.717, 1.165) is 55.7 Å². The molecule has 38 heavy (non-hydrogen) atoms. The molecular weight excluding hydrogens is 464 g/mol. The molecule has 6 aromatic carbocycles. The maximum atomic E-state index is 6.79. The fourth-order valence-corrected chi connectivity index (χ4v) is 5.62. The molecular formula is C36H28O2. The number of ether oxygens (including phenoxy) is 2. The van der Waals surface area contributed by atoms with Crippen molar-refractivity contribution in [1.82, 2.24) is 0 Å². The first-order valence-corrected chi connectivity index (χ1v) is 13.3. The van der Waals surface area contributed by atoms with Crippen LogP contribution >= 0.6 is 0 Å². The van der Waals surface area contributed by atoms with Gasteiger partial charge in [-0.3, -0.25) is 0 Å². The van der Waals surface area contributed by atoms with Crippen molar-refractivity contribution >= 4 is 21.5 Å². The normalized spacial score (nSPS) is 13.5. The quantitative estimate of drug-likeness (QED) is 0.240. The summed E-state index contributed by atoms with van der Waals surface area (Å²) in [5.41, 5.74) is 6.70. The van der Waals surface area contributed by atoms with Gasteiger partial charge >= 0.3 is 0 Å². The summed E-state index contributed by atoms with van der Waals surface area (Å²) >= 11 is 0. The largest absolute Gasteiger partial charge is 0.492 e. The smallest absolute Gasteiger partial charge is 0.135 e. The van der Waals surface area contributed by atoms with E-state index < -0.39 is 0 Å². The Kier molecular flexibility index (Phi) is 5.59. The van der Waals surface area contributed by atoms with Crippen molar-refractivity contribution in [2.24, 2.45) is 5.92 Å². The molecule has 0 N–H and O–H groups in total. The first-order chi connectivity index (χ1) is 18.8. The monoisotopic (exact) mass is 492 g/mol. The second-order valence-corrected chi connectivity index (χ2v) is 10.2. The third-order valence-electron chi connectivity index (χ3n) is 7.45. The first kappa shape index (κ1) is 22.6. The highest BCUT2D eigenvalue weighted by Gasteiger charge is 2.27. The number of hydrogen-bond donors (Lipinski definition) is 0. The van der Waals surface area contributed by atoms with E-state index in [1.807, 2.05) is 0 Å². The van der Waals surface area contributed by atoms with Crippen LogP contribution in [0.25, 0.3) is 54.9 Å². The van der Waals surface area contributed by atoms with Crippen molar-refractivity contribution in [2.45, 2.75) is 6.92 Å². The summed E-state index contributed by atoms with van der Waals surface area (Å²) < 4.78 is 13.6. The van der Waals surface area contributed by atoms with Gasteiger partial charge in [0, 0.05) is 28.2 Å². The van der Waals surface area contributed by atoms with E-state index in [-0.39, 0.29) is 5.92 Å². The van der Waals surface area contributed by atoms with Crippen LogP contribution in [0.3, 0.4) is 0 Å². The predicted octanol–water partition coefficient (Wildman–Crippen LogP) is 9.40. The lowest BCUT2D eigenvalue weighted by molar-refractivity contribution is 0.193. The maximum absolute atomic E-state index is 6.79. The summed E-state index contributed by atoms with van der Waals surface area (Å²) in [4.78, 5) is 0. The second kappa shape index (κ2) is 9.39. The summed E-state index contributed by atoms with van der Waals surface area (Å²) in [6.45, 7) is 3.35. The van der Waals surface area contributed by atoms with Crippen molar-refractivity contribution in [3.63, 3.8) is 0 Å². The van der Waals surface area contributed by atoms with Gasteiger partial charge < -0.3 is 9.47 Å². The molecule has 0 unspecified atom stereocenters. The minimum absolute atomic E-state index is 0.221. The van der Waals surface area contributed by atoms with Crippen LogP contribution in [0.15, 0.2) is 121 Å². The average molecular weight is 493 g/mol. The van der Waals surface area contributed by atoms with E-state index in [0.29, 0.717) is 13.2 Å². The van der Waals surface area contributed by atoms with E-state index >= 15 is 0 Å². The summed E-state index contributed by atoms with van der Waals surface area (Å²) in [5, 5.41) is 4.69. The van der Waals surface area contributed by atoms with Gasteiger partial charge in [-0.25, -0.2) is 0 Å². The molecule has 0 amide bonds.